The van der Waals surface area contributed by atoms with Gasteiger partial charge in [0.1, 0.15) is 5.69 Å². The van der Waals surface area contributed by atoms with Gasteiger partial charge in [0, 0.05) is 36.4 Å². The minimum absolute atomic E-state index is 0.198. The number of benzene rings is 2. The Morgan fingerprint density at radius 2 is 1.54 bits per heavy atom. The Balaban J connectivity index is 1.55. The van der Waals surface area contributed by atoms with Crippen LogP contribution in [0.3, 0.4) is 0 Å². The Hall–Kier alpha value is -3.57. The third-order valence-electron chi connectivity index (χ3n) is 5.27. The summed E-state index contributed by atoms with van der Waals surface area (Å²) < 4.78 is 80.3. The number of para-hydroxylation sites is 1. The zero-order valence-corrected chi connectivity index (χ0v) is 17.9. The van der Waals surface area contributed by atoms with Crippen LogP contribution in [-0.2, 0) is 18.9 Å². The second kappa shape index (κ2) is 9.59. The van der Waals surface area contributed by atoms with Gasteiger partial charge in [-0.05, 0) is 29.3 Å². The van der Waals surface area contributed by atoms with Gasteiger partial charge < -0.3 is 10.4 Å². The highest BCUT2D eigenvalue weighted by Gasteiger charge is 2.37. The van der Waals surface area contributed by atoms with E-state index in [1.165, 1.54) is 6.07 Å². The van der Waals surface area contributed by atoms with Gasteiger partial charge in [-0.25, -0.2) is 15.0 Å². The number of aliphatic hydroxyl groups is 1. The predicted molar refractivity (Wildman–Crippen MR) is 116 cm³/mol. The Morgan fingerprint density at radius 3 is 2.17 bits per heavy atom. The first kappa shape index (κ1) is 24.6. The summed E-state index contributed by atoms with van der Waals surface area (Å²) >= 11 is 0. The fraction of sp³-hybridized carbons (Fsp3) is 0.208. The van der Waals surface area contributed by atoms with Crippen LogP contribution in [0.5, 0.6) is 0 Å². The molecule has 35 heavy (non-hydrogen) atoms. The molecule has 2 heterocycles. The summed E-state index contributed by atoms with van der Waals surface area (Å²) in [5.74, 6) is 0.547. The molecule has 2 N–H and O–H groups in total. The van der Waals surface area contributed by atoms with Gasteiger partial charge in [0.2, 0.25) is 0 Å². The van der Waals surface area contributed by atoms with Crippen LogP contribution in [0.2, 0.25) is 0 Å². The molecule has 0 radical (unpaired) electrons. The van der Waals surface area contributed by atoms with Gasteiger partial charge in [-0.1, -0.05) is 36.4 Å². The number of halogens is 6. The van der Waals surface area contributed by atoms with E-state index in [0.29, 0.717) is 18.0 Å². The molecule has 0 amide bonds. The summed E-state index contributed by atoms with van der Waals surface area (Å²) in [4.78, 5) is 11.5. The number of hydrogen-bond acceptors (Lipinski definition) is 5. The number of nitrogens with one attached hydrogen (secondary N) is 1. The monoisotopic (exact) mass is 492 g/mol. The van der Waals surface area contributed by atoms with Crippen molar-refractivity contribution in [1.29, 1.82) is 0 Å². The Morgan fingerprint density at radius 1 is 0.857 bits per heavy atom. The fourth-order valence-electron chi connectivity index (χ4n) is 3.61. The van der Waals surface area contributed by atoms with Crippen LogP contribution in [0.25, 0.3) is 22.3 Å². The molecule has 11 heteroatoms. The number of nitrogens with zero attached hydrogens (tertiary/aromatic N) is 3. The molecule has 1 unspecified atom stereocenters. The molecule has 0 saturated heterocycles. The SMILES string of the molecule is OC(CNCc1ccc(-c2ncccn2)cc1)c1cc(C(F)(F)F)nc2c(C(F)(F)F)cccc12. The molecule has 4 aromatic rings. The van der Waals surface area contributed by atoms with Crippen molar-refractivity contribution in [3.05, 3.63) is 89.4 Å². The molecule has 0 bridgehead atoms. The molecule has 5 nitrogen and oxygen atoms in total. The van der Waals surface area contributed by atoms with E-state index in [-0.39, 0.29) is 24.0 Å². The lowest BCUT2D eigenvalue weighted by Crippen LogP contribution is -2.22. The maximum atomic E-state index is 13.4. The van der Waals surface area contributed by atoms with E-state index in [0.717, 1.165) is 17.2 Å². The molecule has 1 atom stereocenters. The van der Waals surface area contributed by atoms with E-state index in [2.05, 4.69) is 20.3 Å². The highest BCUT2D eigenvalue weighted by molar-refractivity contribution is 5.86. The highest BCUT2D eigenvalue weighted by Crippen LogP contribution is 2.38. The molecule has 0 fully saturated rings. The molecule has 0 aliphatic carbocycles. The zero-order valence-electron chi connectivity index (χ0n) is 17.9. The van der Waals surface area contributed by atoms with Crippen molar-refractivity contribution in [2.45, 2.75) is 25.0 Å². The smallest absolute Gasteiger partial charge is 0.387 e. The van der Waals surface area contributed by atoms with E-state index in [4.69, 9.17) is 0 Å². The van der Waals surface area contributed by atoms with Crippen molar-refractivity contribution in [2.75, 3.05) is 6.54 Å². The number of hydrogen-bond donors (Lipinski definition) is 2. The van der Waals surface area contributed by atoms with Crippen LogP contribution in [0, 0.1) is 0 Å². The Labute approximate surface area is 195 Å². The molecule has 0 saturated carbocycles. The van der Waals surface area contributed by atoms with Crippen molar-refractivity contribution in [3.63, 3.8) is 0 Å². The second-order valence-electron chi connectivity index (χ2n) is 7.71. The van der Waals surface area contributed by atoms with Gasteiger partial charge in [0.15, 0.2) is 5.82 Å². The number of pyridine rings is 1. The number of rotatable bonds is 6. The van der Waals surface area contributed by atoms with Crippen LogP contribution in [0.15, 0.2) is 67.0 Å². The number of fused-ring (bicyclic) bond motifs is 1. The molecular weight excluding hydrogens is 474 g/mol. The Bertz CT molecular complexity index is 1310. The predicted octanol–water partition coefficient (Wildman–Crippen LogP) is 5.55. The lowest BCUT2D eigenvalue weighted by molar-refractivity contribution is -0.142. The minimum Gasteiger partial charge on any atom is -0.387 e. The molecule has 0 aliphatic heterocycles. The van der Waals surface area contributed by atoms with Gasteiger partial charge in [-0.15, -0.1) is 0 Å². The van der Waals surface area contributed by atoms with E-state index in [1.54, 1.807) is 42.7 Å². The topological polar surface area (TPSA) is 70.9 Å². The molecular formula is C24H18F6N4O. The van der Waals surface area contributed by atoms with Crippen LogP contribution in [-0.4, -0.2) is 26.6 Å². The van der Waals surface area contributed by atoms with Crippen molar-refractivity contribution in [3.8, 4) is 11.4 Å². The Kier molecular flexibility index (Phi) is 6.73. The van der Waals surface area contributed by atoms with Gasteiger partial charge in [-0.2, -0.15) is 26.3 Å². The fourth-order valence-corrected chi connectivity index (χ4v) is 3.61. The van der Waals surface area contributed by atoms with E-state index in [1.807, 2.05) is 0 Å². The van der Waals surface area contributed by atoms with Crippen molar-refractivity contribution >= 4 is 10.9 Å². The molecule has 0 spiro atoms. The third-order valence-corrected chi connectivity index (χ3v) is 5.27. The summed E-state index contributed by atoms with van der Waals surface area (Å²) in [7, 11) is 0. The lowest BCUT2D eigenvalue weighted by atomic mass is 9.99. The van der Waals surface area contributed by atoms with Crippen molar-refractivity contribution in [2.24, 2.45) is 0 Å². The molecule has 4 rings (SSSR count). The maximum Gasteiger partial charge on any atom is 0.433 e. The van der Waals surface area contributed by atoms with Crippen molar-refractivity contribution < 1.29 is 31.4 Å². The standard InChI is InChI=1S/C24H18F6N4O/c25-23(26,27)18-4-1-3-16-17(11-20(24(28,29)30)34-21(16)18)19(35)13-31-12-14-5-7-15(8-6-14)22-32-9-2-10-33-22/h1-11,19,31,35H,12-13H2. The van der Waals surface area contributed by atoms with E-state index in [9.17, 15) is 31.4 Å². The van der Waals surface area contributed by atoms with E-state index < -0.39 is 35.2 Å². The van der Waals surface area contributed by atoms with Gasteiger partial charge in [0.05, 0.1) is 17.2 Å². The maximum absolute atomic E-state index is 13.4. The normalized spacial score (nSPS) is 13.2. The largest absolute Gasteiger partial charge is 0.433 e. The first-order valence-corrected chi connectivity index (χ1v) is 10.4. The summed E-state index contributed by atoms with van der Waals surface area (Å²) in [6.07, 6.45) is -8.18. The third kappa shape index (κ3) is 5.57. The van der Waals surface area contributed by atoms with Crippen LogP contribution in [0.4, 0.5) is 26.3 Å². The van der Waals surface area contributed by atoms with Gasteiger partial charge >= 0.3 is 12.4 Å². The summed E-state index contributed by atoms with van der Waals surface area (Å²) in [6, 6.07) is 12.4. The average Bonchev–Trinajstić information content (AvgIpc) is 2.82. The first-order valence-electron chi connectivity index (χ1n) is 10.4. The lowest BCUT2D eigenvalue weighted by Gasteiger charge is -2.19. The number of aromatic nitrogens is 3. The molecule has 2 aromatic heterocycles. The minimum atomic E-state index is -4.99. The van der Waals surface area contributed by atoms with Crippen LogP contribution in [0.1, 0.15) is 28.5 Å². The van der Waals surface area contributed by atoms with Crippen molar-refractivity contribution in [1.82, 2.24) is 20.3 Å². The number of alkyl halides is 6. The van der Waals surface area contributed by atoms with Crippen LogP contribution < -0.4 is 5.32 Å². The summed E-state index contributed by atoms with van der Waals surface area (Å²) in [5, 5.41) is 13.3. The second-order valence-corrected chi connectivity index (χ2v) is 7.71. The summed E-state index contributed by atoms with van der Waals surface area (Å²) in [5.41, 5.74) is -2.36. The zero-order chi connectivity index (χ0) is 25.2. The quantitative estimate of drug-likeness (QED) is 0.345. The molecule has 2 aromatic carbocycles. The molecule has 0 aliphatic rings. The van der Waals surface area contributed by atoms with Gasteiger partial charge in [0.25, 0.3) is 0 Å². The summed E-state index contributed by atoms with van der Waals surface area (Å²) in [6.45, 7) is 0.0616. The van der Waals surface area contributed by atoms with Crippen LogP contribution >= 0.6 is 0 Å². The van der Waals surface area contributed by atoms with Gasteiger partial charge in [-0.3, -0.25) is 0 Å². The average molecular weight is 492 g/mol. The number of aliphatic hydroxyl groups excluding tert-OH is 1. The van der Waals surface area contributed by atoms with E-state index >= 15 is 0 Å². The highest BCUT2D eigenvalue weighted by atomic mass is 19.4. The molecule has 182 valence electrons. The first-order chi connectivity index (χ1) is 16.5.